The van der Waals surface area contributed by atoms with Crippen molar-refractivity contribution in [2.24, 2.45) is 9.98 Å². The molecular formula is C53H33N3OS. The molecule has 0 saturated carbocycles. The second kappa shape index (κ2) is 13.1. The Morgan fingerprint density at radius 1 is 0.466 bits per heavy atom. The zero-order valence-corrected chi connectivity index (χ0v) is 32.0. The molecule has 0 radical (unpaired) electrons. The van der Waals surface area contributed by atoms with E-state index in [2.05, 4.69) is 181 Å². The average molecular weight is 760 g/mol. The summed E-state index contributed by atoms with van der Waals surface area (Å²) in [5.74, 6) is 1.44. The first kappa shape index (κ1) is 32.9. The van der Waals surface area contributed by atoms with Crippen LogP contribution in [0.15, 0.2) is 202 Å². The molecule has 12 rings (SSSR count). The normalized spacial score (nSPS) is 14.4. The lowest BCUT2D eigenvalue weighted by molar-refractivity contribution is 0.668. The summed E-state index contributed by atoms with van der Waals surface area (Å²) in [7, 11) is 0. The van der Waals surface area contributed by atoms with Crippen molar-refractivity contribution in [2.45, 2.75) is 6.17 Å². The third-order valence-electron chi connectivity index (χ3n) is 11.5. The Bertz CT molecular complexity index is 3500. The second-order valence-corrected chi connectivity index (χ2v) is 16.1. The molecule has 4 nitrogen and oxygen atoms in total. The second-order valence-electron chi connectivity index (χ2n) is 15.0. The summed E-state index contributed by atoms with van der Waals surface area (Å²) < 4.78 is 9.08. The van der Waals surface area contributed by atoms with Crippen molar-refractivity contribution in [1.82, 2.24) is 5.32 Å². The maximum absolute atomic E-state index is 6.53. The number of nitrogens with one attached hydrogen (secondary N) is 1. The minimum absolute atomic E-state index is 0.404. The van der Waals surface area contributed by atoms with Crippen LogP contribution in [-0.4, -0.2) is 11.7 Å². The van der Waals surface area contributed by atoms with Crippen LogP contribution in [0.25, 0.3) is 85.9 Å². The van der Waals surface area contributed by atoms with Crippen LogP contribution < -0.4 is 5.32 Å². The summed E-state index contributed by atoms with van der Waals surface area (Å²) in [5, 5.41) is 13.2. The summed E-state index contributed by atoms with van der Waals surface area (Å²) in [6, 6.07) is 67.0. The van der Waals surface area contributed by atoms with Crippen molar-refractivity contribution in [3.8, 4) is 22.3 Å². The van der Waals surface area contributed by atoms with Gasteiger partial charge in [0.25, 0.3) is 0 Å². The van der Waals surface area contributed by atoms with Gasteiger partial charge in [0.15, 0.2) is 5.84 Å². The fourth-order valence-corrected chi connectivity index (χ4v) is 9.79. The van der Waals surface area contributed by atoms with Crippen molar-refractivity contribution in [1.29, 1.82) is 0 Å². The van der Waals surface area contributed by atoms with E-state index in [4.69, 9.17) is 14.4 Å². The van der Waals surface area contributed by atoms with Gasteiger partial charge in [-0.3, -0.25) is 0 Å². The van der Waals surface area contributed by atoms with E-state index in [0.717, 1.165) is 66.4 Å². The molecule has 0 aliphatic carbocycles. The molecule has 0 fully saturated rings. The van der Waals surface area contributed by atoms with E-state index < -0.39 is 6.17 Å². The van der Waals surface area contributed by atoms with E-state index in [1.807, 2.05) is 23.5 Å². The van der Waals surface area contributed by atoms with E-state index in [-0.39, 0.29) is 0 Å². The van der Waals surface area contributed by atoms with Crippen LogP contribution in [0, 0.1) is 0 Å². The Hall–Kier alpha value is -7.34. The van der Waals surface area contributed by atoms with Crippen LogP contribution in [0.3, 0.4) is 0 Å². The summed E-state index contributed by atoms with van der Waals surface area (Å²) in [6.45, 7) is 0. The van der Waals surface area contributed by atoms with Crippen molar-refractivity contribution >= 4 is 86.7 Å². The minimum atomic E-state index is -0.404. The first-order valence-corrected chi connectivity index (χ1v) is 20.4. The maximum atomic E-state index is 6.53. The van der Waals surface area contributed by atoms with E-state index >= 15 is 0 Å². The molecule has 272 valence electrons. The summed E-state index contributed by atoms with van der Waals surface area (Å²) in [6.07, 6.45) is -0.404. The molecule has 1 N–H and O–H groups in total. The van der Waals surface area contributed by atoms with Crippen molar-refractivity contribution in [3.63, 3.8) is 0 Å². The number of furan rings is 1. The lowest BCUT2D eigenvalue weighted by Crippen LogP contribution is -2.34. The third kappa shape index (κ3) is 5.43. The molecular weight excluding hydrogens is 727 g/mol. The lowest BCUT2D eigenvalue weighted by Gasteiger charge is -2.25. The molecule has 9 aromatic carbocycles. The number of nitrogens with zero attached hydrogens (tertiary/aromatic N) is 2. The highest BCUT2D eigenvalue weighted by atomic mass is 32.1. The van der Waals surface area contributed by atoms with Gasteiger partial charge in [-0.25, -0.2) is 9.98 Å². The van der Waals surface area contributed by atoms with Gasteiger partial charge >= 0.3 is 0 Å². The van der Waals surface area contributed by atoms with Gasteiger partial charge in [-0.15, -0.1) is 11.3 Å². The van der Waals surface area contributed by atoms with Crippen LogP contribution in [0.2, 0.25) is 0 Å². The van der Waals surface area contributed by atoms with E-state index in [9.17, 15) is 0 Å². The van der Waals surface area contributed by atoms with Crippen LogP contribution in [0.4, 0.5) is 0 Å². The quantitative estimate of drug-likeness (QED) is 0.190. The molecule has 0 spiro atoms. The first-order valence-electron chi connectivity index (χ1n) is 19.6. The molecule has 1 atom stereocenters. The van der Waals surface area contributed by atoms with Gasteiger partial charge < -0.3 is 9.73 Å². The Kier molecular flexibility index (Phi) is 7.43. The Morgan fingerprint density at radius 3 is 2.09 bits per heavy atom. The van der Waals surface area contributed by atoms with E-state index in [1.54, 1.807) is 0 Å². The highest BCUT2D eigenvalue weighted by molar-refractivity contribution is 7.25. The van der Waals surface area contributed by atoms with Crippen molar-refractivity contribution in [3.05, 3.63) is 205 Å². The number of amidine groups is 2. The molecule has 11 aromatic rings. The number of hydrogen-bond donors (Lipinski definition) is 1. The van der Waals surface area contributed by atoms with Crippen molar-refractivity contribution < 1.29 is 4.42 Å². The lowest BCUT2D eigenvalue weighted by atomic mass is 9.93. The Balaban J connectivity index is 1.07. The molecule has 5 heteroatoms. The fraction of sp³-hybridized carbons (Fsp3) is 0.0189. The molecule has 58 heavy (non-hydrogen) atoms. The predicted molar refractivity (Wildman–Crippen MR) is 244 cm³/mol. The van der Waals surface area contributed by atoms with Crippen LogP contribution in [-0.2, 0) is 0 Å². The zero-order chi connectivity index (χ0) is 38.2. The minimum Gasteiger partial charge on any atom is -0.456 e. The molecule has 1 aliphatic heterocycles. The number of rotatable bonds is 5. The number of hydrogen-bond acceptors (Lipinski definition) is 5. The highest BCUT2D eigenvalue weighted by Gasteiger charge is 2.27. The van der Waals surface area contributed by atoms with Gasteiger partial charge in [-0.1, -0.05) is 140 Å². The summed E-state index contributed by atoms with van der Waals surface area (Å²) in [5.41, 5.74) is 9.29. The number of para-hydroxylation sites is 1. The van der Waals surface area contributed by atoms with Gasteiger partial charge in [0.2, 0.25) is 0 Å². The largest absolute Gasteiger partial charge is 0.456 e. The SMILES string of the molecule is c1ccc(-c2ccc3cc(C4N=C(c5ccc6ccccc6c5)N=C(c5c(-c6ccc7c(c6)sc6ccccc67)ccc6oc7ccccc7c56)N4)ccc3c2)cc1. The van der Waals surface area contributed by atoms with Crippen molar-refractivity contribution in [2.75, 3.05) is 0 Å². The fourth-order valence-electron chi connectivity index (χ4n) is 8.65. The number of benzene rings is 9. The maximum Gasteiger partial charge on any atom is 0.159 e. The highest BCUT2D eigenvalue weighted by Crippen LogP contribution is 2.41. The average Bonchev–Trinajstić information content (AvgIpc) is 3.86. The molecule has 1 unspecified atom stereocenters. The van der Waals surface area contributed by atoms with E-state index in [0.29, 0.717) is 5.84 Å². The molecule has 0 amide bonds. The molecule has 2 aromatic heterocycles. The number of aliphatic imine (C=N–C) groups is 2. The topological polar surface area (TPSA) is 49.9 Å². The van der Waals surface area contributed by atoms with Crippen LogP contribution >= 0.6 is 11.3 Å². The smallest absolute Gasteiger partial charge is 0.159 e. The van der Waals surface area contributed by atoms with E-state index in [1.165, 1.54) is 42.1 Å². The molecule has 1 aliphatic rings. The van der Waals surface area contributed by atoms with Gasteiger partial charge in [-0.05, 0) is 97.9 Å². The zero-order valence-electron chi connectivity index (χ0n) is 31.2. The van der Waals surface area contributed by atoms with Crippen LogP contribution in [0.5, 0.6) is 0 Å². The molecule has 0 saturated heterocycles. The predicted octanol–water partition coefficient (Wildman–Crippen LogP) is 14.1. The van der Waals surface area contributed by atoms with Gasteiger partial charge in [-0.2, -0.15) is 0 Å². The van der Waals surface area contributed by atoms with Gasteiger partial charge in [0.05, 0.1) is 0 Å². The molecule has 0 bridgehead atoms. The molecule has 3 heterocycles. The Labute approximate surface area is 338 Å². The Morgan fingerprint density at radius 2 is 1.16 bits per heavy atom. The number of thiophene rings is 1. The van der Waals surface area contributed by atoms with Crippen LogP contribution in [0.1, 0.15) is 22.9 Å². The monoisotopic (exact) mass is 759 g/mol. The third-order valence-corrected chi connectivity index (χ3v) is 12.6. The van der Waals surface area contributed by atoms with Gasteiger partial charge in [0, 0.05) is 42.1 Å². The standard InChI is InChI=1S/C53H33N3OS/c1-2-10-32(11-3-1)35-19-20-37-30-40(23-21-36(37)28-35)52-54-51(39-22-18-33-12-4-5-13-34(33)29-39)55-53(56-52)50-41(26-27-46-49(50)44-15-6-8-16-45(44)57-46)38-24-25-43-42-14-7-9-17-47(42)58-48(43)31-38/h1-31,52H,(H,54,55,56). The summed E-state index contributed by atoms with van der Waals surface area (Å²) in [4.78, 5) is 10.8. The summed E-state index contributed by atoms with van der Waals surface area (Å²) >= 11 is 1.83. The first-order chi connectivity index (χ1) is 28.7. The number of fused-ring (bicyclic) bond motifs is 8. The van der Waals surface area contributed by atoms with Gasteiger partial charge in [0.1, 0.15) is 23.2 Å².